The SMILES string of the molecule is O=C(O)C(=O)OCCC12CC3CC(CC(C3)C1)C2.c1c[nH]cn1. The highest BCUT2D eigenvalue weighted by molar-refractivity contribution is 6.28. The van der Waals surface area contributed by atoms with Crippen molar-refractivity contribution in [3.8, 4) is 0 Å². The van der Waals surface area contributed by atoms with E-state index in [-0.39, 0.29) is 6.61 Å². The number of carboxylic acids is 1. The first-order chi connectivity index (χ1) is 11.1. The number of carbonyl (C=O) groups is 2. The Balaban J connectivity index is 0.000000267. The van der Waals surface area contributed by atoms with Crippen molar-refractivity contribution < 1.29 is 19.4 Å². The maximum absolute atomic E-state index is 10.9. The van der Waals surface area contributed by atoms with Crippen LogP contribution >= 0.6 is 0 Å². The Labute approximate surface area is 135 Å². The quantitative estimate of drug-likeness (QED) is 0.660. The van der Waals surface area contributed by atoms with E-state index in [1.807, 2.05) is 0 Å². The maximum Gasteiger partial charge on any atom is 0.417 e. The summed E-state index contributed by atoms with van der Waals surface area (Å²) in [5, 5.41) is 8.47. The van der Waals surface area contributed by atoms with E-state index in [4.69, 9.17) is 9.84 Å². The van der Waals surface area contributed by atoms with Crippen LogP contribution in [0.4, 0.5) is 0 Å². The number of imidazole rings is 1. The third kappa shape index (κ3) is 3.92. The molecular weight excluding hydrogens is 296 g/mol. The molecule has 4 fully saturated rings. The fraction of sp³-hybridized carbons (Fsp3) is 0.706. The van der Waals surface area contributed by atoms with Gasteiger partial charge in [0.15, 0.2) is 0 Å². The average Bonchev–Trinajstić information content (AvgIpc) is 3.04. The molecule has 1 aromatic rings. The monoisotopic (exact) mass is 320 g/mol. The highest BCUT2D eigenvalue weighted by atomic mass is 16.6. The molecule has 1 heterocycles. The summed E-state index contributed by atoms with van der Waals surface area (Å²) in [7, 11) is 0. The first-order valence-corrected chi connectivity index (χ1v) is 8.39. The van der Waals surface area contributed by atoms with Crippen molar-refractivity contribution in [3.05, 3.63) is 18.7 Å². The Bertz CT molecular complexity index is 488. The lowest BCUT2D eigenvalue weighted by atomic mass is 9.49. The van der Waals surface area contributed by atoms with E-state index in [1.165, 1.54) is 38.5 Å². The van der Waals surface area contributed by atoms with Crippen LogP contribution in [0.25, 0.3) is 0 Å². The lowest BCUT2D eigenvalue weighted by Gasteiger charge is -2.57. The van der Waals surface area contributed by atoms with Crippen LogP contribution in [0.2, 0.25) is 0 Å². The van der Waals surface area contributed by atoms with Crippen LogP contribution in [-0.2, 0) is 14.3 Å². The van der Waals surface area contributed by atoms with Crippen LogP contribution in [0.5, 0.6) is 0 Å². The van der Waals surface area contributed by atoms with E-state index in [2.05, 4.69) is 9.97 Å². The van der Waals surface area contributed by atoms with E-state index in [9.17, 15) is 9.59 Å². The molecule has 0 aromatic carbocycles. The number of H-pyrrole nitrogens is 1. The molecule has 126 valence electrons. The van der Waals surface area contributed by atoms with Crippen LogP contribution in [0.15, 0.2) is 18.7 Å². The van der Waals surface area contributed by atoms with Gasteiger partial charge in [-0.05, 0) is 68.1 Å². The first kappa shape index (κ1) is 16.0. The van der Waals surface area contributed by atoms with Gasteiger partial charge >= 0.3 is 11.9 Å². The van der Waals surface area contributed by atoms with Gasteiger partial charge in [-0.1, -0.05) is 0 Å². The second kappa shape index (κ2) is 6.72. The summed E-state index contributed by atoms with van der Waals surface area (Å²) < 4.78 is 4.80. The molecule has 4 aliphatic carbocycles. The second-order valence-corrected chi connectivity index (χ2v) is 7.37. The predicted octanol–water partition coefficient (Wildman–Crippen LogP) is 2.63. The zero-order valence-corrected chi connectivity index (χ0v) is 13.2. The van der Waals surface area contributed by atoms with Gasteiger partial charge in [-0.15, -0.1) is 0 Å². The van der Waals surface area contributed by atoms with Gasteiger partial charge in [0.25, 0.3) is 0 Å². The lowest BCUT2D eigenvalue weighted by molar-refractivity contribution is -0.165. The minimum atomic E-state index is -1.49. The van der Waals surface area contributed by atoms with Crippen molar-refractivity contribution in [2.24, 2.45) is 23.2 Å². The minimum absolute atomic E-state index is 0.275. The van der Waals surface area contributed by atoms with Crippen LogP contribution < -0.4 is 0 Å². The number of hydrogen-bond donors (Lipinski definition) is 2. The number of esters is 1. The zero-order chi connectivity index (χ0) is 16.3. The molecule has 4 bridgehead atoms. The summed E-state index contributed by atoms with van der Waals surface area (Å²) in [5.74, 6) is 0.0458. The van der Waals surface area contributed by atoms with Gasteiger partial charge in [-0.25, -0.2) is 14.6 Å². The van der Waals surface area contributed by atoms with Crippen molar-refractivity contribution in [2.45, 2.75) is 44.9 Å². The van der Waals surface area contributed by atoms with E-state index < -0.39 is 11.9 Å². The van der Waals surface area contributed by atoms with Gasteiger partial charge in [0.2, 0.25) is 0 Å². The van der Waals surface area contributed by atoms with E-state index in [0.717, 1.165) is 24.2 Å². The number of ether oxygens (including phenoxy) is 1. The summed E-state index contributed by atoms with van der Waals surface area (Å²) in [6.07, 6.45) is 13.9. The molecule has 0 spiro atoms. The second-order valence-electron chi connectivity index (χ2n) is 7.37. The van der Waals surface area contributed by atoms with Crippen molar-refractivity contribution in [3.63, 3.8) is 0 Å². The number of aromatic nitrogens is 2. The number of rotatable bonds is 3. The van der Waals surface area contributed by atoms with Crippen molar-refractivity contribution in [1.82, 2.24) is 9.97 Å². The Morgan fingerprint density at radius 3 is 2.17 bits per heavy atom. The minimum Gasteiger partial charge on any atom is -0.473 e. The fourth-order valence-electron chi connectivity index (χ4n) is 5.23. The summed E-state index contributed by atoms with van der Waals surface area (Å²) in [4.78, 5) is 27.7. The number of nitrogens with zero attached hydrogens (tertiary/aromatic N) is 1. The van der Waals surface area contributed by atoms with Crippen molar-refractivity contribution >= 4 is 11.9 Å². The third-order valence-electron chi connectivity index (χ3n) is 5.61. The van der Waals surface area contributed by atoms with Gasteiger partial charge < -0.3 is 14.8 Å². The highest BCUT2D eigenvalue weighted by Gasteiger charge is 2.50. The Hall–Kier alpha value is -1.85. The number of aromatic amines is 1. The van der Waals surface area contributed by atoms with Gasteiger partial charge in [0.1, 0.15) is 0 Å². The first-order valence-electron chi connectivity index (χ1n) is 8.39. The van der Waals surface area contributed by atoms with Crippen LogP contribution in [0, 0.1) is 23.2 Å². The predicted molar refractivity (Wildman–Crippen MR) is 82.4 cm³/mol. The fourth-order valence-corrected chi connectivity index (χ4v) is 5.23. The molecule has 4 aliphatic rings. The molecule has 0 amide bonds. The summed E-state index contributed by atoms with van der Waals surface area (Å²) in [6.45, 7) is 0.275. The van der Waals surface area contributed by atoms with Crippen LogP contribution in [0.3, 0.4) is 0 Å². The number of carboxylic acid groups (broad SMARTS) is 1. The average molecular weight is 320 g/mol. The van der Waals surface area contributed by atoms with E-state index >= 15 is 0 Å². The molecule has 23 heavy (non-hydrogen) atoms. The molecule has 6 heteroatoms. The summed E-state index contributed by atoms with van der Waals surface area (Å²) in [5.41, 5.74) is 0.355. The highest BCUT2D eigenvalue weighted by Crippen LogP contribution is 2.61. The normalized spacial score (nSPS) is 33.7. The number of nitrogens with one attached hydrogen (secondary N) is 1. The molecule has 0 radical (unpaired) electrons. The molecule has 0 saturated heterocycles. The molecule has 1 aromatic heterocycles. The maximum atomic E-state index is 10.9. The van der Waals surface area contributed by atoms with Gasteiger partial charge in [-0.3, -0.25) is 0 Å². The topological polar surface area (TPSA) is 92.3 Å². The summed E-state index contributed by atoms with van der Waals surface area (Å²) in [6, 6.07) is 0. The Morgan fingerprint density at radius 2 is 1.78 bits per heavy atom. The summed E-state index contributed by atoms with van der Waals surface area (Å²) >= 11 is 0. The van der Waals surface area contributed by atoms with Gasteiger partial charge in [-0.2, -0.15) is 0 Å². The molecule has 5 rings (SSSR count). The molecule has 0 aliphatic heterocycles. The lowest BCUT2D eigenvalue weighted by Crippen LogP contribution is -2.46. The third-order valence-corrected chi connectivity index (χ3v) is 5.61. The van der Waals surface area contributed by atoms with E-state index in [1.54, 1.807) is 18.7 Å². The van der Waals surface area contributed by atoms with Crippen LogP contribution in [0.1, 0.15) is 44.9 Å². The Morgan fingerprint density at radius 1 is 1.17 bits per heavy atom. The molecular formula is C17H24N2O4. The molecule has 2 N–H and O–H groups in total. The molecule has 6 nitrogen and oxygen atoms in total. The molecule has 4 saturated carbocycles. The smallest absolute Gasteiger partial charge is 0.417 e. The Kier molecular flexibility index (Phi) is 4.68. The number of carbonyl (C=O) groups excluding carboxylic acids is 1. The standard InChI is InChI=1S/C14H20O4.C3H4N2/c15-12(16)13(17)18-2-1-14-6-9-3-10(7-14)5-11(4-9)8-14;1-2-5-3-4-1/h9-11H,1-8H2,(H,15,16);1-3H,(H,4,5). The van der Waals surface area contributed by atoms with E-state index in [0.29, 0.717) is 5.41 Å². The largest absolute Gasteiger partial charge is 0.473 e. The zero-order valence-electron chi connectivity index (χ0n) is 13.2. The van der Waals surface area contributed by atoms with Gasteiger partial charge in [0, 0.05) is 12.4 Å². The van der Waals surface area contributed by atoms with Crippen molar-refractivity contribution in [1.29, 1.82) is 0 Å². The van der Waals surface area contributed by atoms with Crippen LogP contribution in [-0.4, -0.2) is 33.6 Å². The van der Waals surface area contributed by atoms with Gasteiger partial charge in [0.05, 0.1) is 12.9 Å². The molecule has 0 atom stereocenters. The van der Waals surface area contributed by atoms with Crippen molar-refractivity contribution in [2.75, 3.05) is 6.61 Å². The molecule has 0 unspecified atom stereocenters. The number of aliphatic carboxylic acids is 1. The number of hydrogen-bond acceptors (Lipinski definition) is 4.